The minimum atomic E-state index is -0.592. The fourth-order valence-corrected chi connectivity index (χ4v) is 3.08. The lowest BCUT2D eigenvalue weighted by Gasteiger charge is -2.32. The Bertz CT molecular complexity index is 687. The van der Waals surface area contributed by atoms with Crippen molar-refractivity contribution < 1.29 is 23.2 Å². The number of carbonyl (C=O) groups is 1. The van der Waals surface area contributed by atoms with Crippen LogP contribution in [-0.2, 0) is 14.1 Å². The Morgan fingerprint density at radius 3 is 2.38 bits per heavy atom. The number of benzene rings is 1. The van der Waals surface area contributed by atoms with Crippen LogP contribution in [0.25, 0.3) is 6.08 Å². The number of hydrogen-bond donors (Lipinski definition) is 0. The molecule has 1 saturated heterocycles. The fourth-order valence-electron chi connectivity index (χ4n) is 2.49. The Balaban J connectivity index is 2.36. The third-order valence-corrected chi connectivity index (χ3v) is 5.44. The number of hydrogen-bond acceptors (Lipinski definition) is 5. The largest absolute Gasteiger partial charge is 0.494 e. The normalized spacial score (nSPS) is 18.9. The van der Waals surface area contributed by atoms with Crippen LogP contribution in [0.5, 0.6) is 5.75 Å². The molecule has 142 valence electrons. The van der Waals surface area contributed by atoms with E-state index in [0.29, 0.717) is 23.7 Å². The molecule has 1 aromatic rings. The van der Waals surface area contributed by atoms with Gasteiger partial charge in [0.2, 0.25) is 0 Å². The molecular weight excluding hydrogens is 354 g/mol. The van der Waals surface area contributed by atoms with Crippen molar-refractivity contribution in [3.05, 3.63) is 35.1 Å². The fraction of sp³-hybridized carbons (Fsp3) is 0.526. The first kappa shape index (κ1) is 21.0. The predicted octanol–water partition coefficient (Wildman–Crippen LogP) is 4.52. The molecule has 1 aromatic carbocycles. The van der Waals surface area contributed by atoms with Crippen molar-refractivity contribution in [1.29, 1.82) is 0 Å². The summed E-state index contributed by atoms with van der Waals surface area (Å²) < 4.78 is 31.5. The van der Waals surface area contributed by atoms with Gasteiger partial charge in [0.1, 0.15) is 11.6 Å². The summed E-state index contributed by atoms with van der Waals surface area (Å²) >= 11 is 1.17. The Morgan fingerprint density at radius 2 is 1.85 bits per heavy atom. The zero-order valence-corrected chi connectivity index (χ0v) is 17.0. The molecule has 1 aliphatic rings. The average molecular weight is 380 g/mol. The lowest BCUT2D eigenvalue weighted by molar-refractivity contribution is -0.109. The molecule has 26 heavy (non-hydrogen) atoms. The van der Waals surface area contributed by atoms with Crippen LogP contribution in [0.15, 0.2) is 23.7 Å². The molecule has 1 heterocycles. The number of ether oxygens (including phenoxy) is 1. The van der Waals surface area contributed by atoms with Crippen molar-refractivity contribution in [1.82, 2.24) is 0 Å². The maximum Gasteiger partial charge on any atom is 0.491 e. The summed E-state index contributed by atoms with van der Waals surface area (Å²) in [7, 11) is -0.592. The quantitative estimate of drug-likeness (QED) is 0.679. The Morgan fingerprint density at radius 1 is 1.23 bits per heavy atom. The van der Waals surface area contributed by atoms with Gasteiger partial charge in [0.25, 0.3) is 0 Å². The number of rotatable bonds is 6. The van der Waals surface area contributed by atoms with E-state index >= 15 is 0 Å². The van der Waals surface area contributed by atoms with E-state index < -0.39 is 18.3 Å². The zero-order chi connectivity index (χ0) is 19.5. The van der Waals surface area contributed by atoms with Gasteiger partial charge in [-0.25, -0.2) is 4.39 Å². The first-order valence-electron chi connectivity index (χ1n) is 8.67. The van der Waals surface area contributed by atoms with Crippen LogP contribution in [-0.4, -0.2) is 35.8 Å². The van der Waals surface area contributed by atoms with Crippen molar-refractivity contribution in [3.63, 3.8) is 0 Å². The van der Waals surface area contributed by atoms with E-state index in [0.717, 1.165) is 5.47 Å². The second kappa shape index (κ2) is 8.15. The van der Waals surface area contributed by atoms with Gasteiger partial charge in [0.15, 0.2) is 5.12 Å². The molecule has 1 fully saturated rings. The van der Waals surface area contributed by atoms with E-state index in [1.807, 2.05) is 40.7 Å². The zero-order valence-electron chi connectivity index (χ0n) is 16.2. The molecule has 0 radical (unpaired) electrons. The first-order chi connectivity index (χ1) is 12.0. The van der Waals surface area contributed by atoms with Crippen LogP contribution in [0, 0.1) is 5.82 Å². The van der Waals surface area contributed by atoms with Gasteiger partial charge >= 0.3 is 7.12 Å². The van der Waals surface area contributed by atoms with Crippen LogP contribution in [0.3, 0.4) is 0 Å². The van der Waals surface area contributed by atoms with E-state index in [1.165, 1.54) is 30.8 Å². The molecule has 0 atom stereocenters. The van der Waals surface area contributed by atoms with Crippen LogP contribution in [0.2, 0.25) is 0 Å². The molecular formula is C19H26BFO4S. The topological polar surface area (TPSA) is 44.8 Å². The number of thioether (sulfide) groups is 1. The van der Waals surface area contributed by atoms with Gasteiger partial charge in [-0.15, -0.1) is 0 Å². The van der Waals surface area contributed by atoms with Gasteiger partial charge in [-0.1, -0.05) is 17.8 Å². The molecule has 0 spiro atoms. The molecule has 0 aromatic heterocycles. The molecule has 0 unspecified atom stereocenters. The third kappa shape index (κ3) is 5.12. The molecule has 2 rings (SSSR count). The van der Waals surface area contributed by atoms with Crippen molar-refractivity contribution in [2.24, 2.45) is 0 Å². The molecule has 0 amide bonds. The molecule has 0 aliphatic carbocycles. The highest BCUT2D eigenvalue weighted by Gasteiger charge is 2.52. The van der Waals surface area contributed by atoms with Crippen molar-refractivity contribution in [3.8, 4) is 5.75 Å². The summed E-state index contributed by atoms with van der Waals surface area (Å²) in [6, 6.07) is 4.53. The summed E-state index contributed by atoms with van der Waals surface area (Å²) in [5.41, 5.74) is 0.436. The highest BCUT2D eigenvalue weighted by atomic mass is 32.2. The van der Waals surface area contributed by atoms with Crippen LogP contribution in [0.1, 0.15) is 47.1 Å². The van der Waals surface area contributed by atoms with Crippen LogP contribution in [0.4, 0.5) is 4.39 Å². The summed E-state index contributed by atoms with van der Waals surface area (Å²) in [4.78, 5) is 11.4. The second-order valence-corrected chi connectivity index (χ2v) is 8.39. The minimum Gasteiger partial charge on any atom is -0.494 e. The first-order valence-corrected chi connectivity index (χ1v) is 9.65. The SMILES string of the molecule is CCOc1cc(F)cc(C=C(CSC(C)=O)B2OC(C)(C)C(C)(C)O2)c1. The standard InChI is InChI=1S/C19H26BFO4S/c1-7-23-17-10-14(9-16(21)11-17)8-15(12-26-13(2)22)20-24-18(3,4)19(5,6)25-20/h8-11H,7,12H2,1-6H3. The van der Waals surface area contributed by atoms with E-state index in [9.17, 15) is 9.18 Å². The van der Waals surface area contributed by atoms with E-state index in [1.54, 1.807) is 6.07 Å². The monoisotopic (exact) mass is 380 g/mol. The highest BCUT2D eigenvalue weighted by Crippen LogP contribution is 2.39. The third-order valence-electron chi connectivity index (χ3n) is 4.55. The van der Waals surface area contributed by atoms with Crippen molar-refractivity contribution >= 4 is 30.1 Å². The smallest absolute Gasteiger partial charge is 0.491 e. The molecule has 7 heteroatoms. The van der Waals surface area contributed by atoms with Gasteiger partial charge in [-0.2, -0.15) is 0 Å². The van der Waals surface area contributed by atoms with E-state index in [4.69, 9.17) is 14.0 Å². The summed E-state index contributed by atoms with van der Waals surface area (Å²) in [5, 5.41) is 0.00154. The van der Waals surface area contributed by atoms with E-state index in [2.05, 4.69) is 0 Å². The van der Waals surface area contributed by atoms with Gasteiger partial charge in [-0.05, 0) is 57.8 Å². The van der Waals surface area contributed by atoms with Crippen LogP contribution < -0.4 is 4.74 Å². The summed E-state index contributed by atoms with van der Waals surface area (Å²) in [6.07, 6.45) is 1.81. The average Bonchev–Trinajstić information content (AvgIpc) is 2.71. The number of carbonyl (C=O) groups excluding carboxylic acids is 1. The second-order valence-electron chi connectivity index (χ2n) is 7.24. The molecule has 0 N–H and O–H groups in total. The number of halogens is 1. The summed E-state index contributed by atoms with van der Waals surface area (Å²) in [5.74, 6) is 0.494. The molecule has 0 bridgehead atoms. The lowest BCUT2D eigenvalue weighted by atomic mass is 9.78. The minimum absolute atomic E-state index is 0.00154. The Labute approximate surface area is 159 Å². The predicted molar refractivity (Wildman–Crippen MR) is 105 cm³/mol. The Kier molecular flexibility index (Phi) is 6.58. The van der Waals surface area contributed by atoms with Gasteiger partial charge in [0.05, 0.1) is 17.8 Å². The van der Waals surface area contributed by atoms with Crippen molar-refractivity contribution in [2.45, 2.75) is 52.7 Å². The maximum atomic E-state index is 13.9. The highest BCUT2D eigenvalue weighted by molar-refractivity contribution is 8.13. The summed E-state index contributed by atoms with van der Waals surface area (Å²) in [6.45, 7) is 11.7. The van der Waals surface area contributed by atoms with Gasteiger partial charge < -0.3 is 14.0 Å². The Hall–Kier alpha value is -1.31. The van der Waals surface area contributed by atoms with Crippen LogP contribution >= 0.6 is 11.8 Å². The molecule has 1 aliphatic heterocycles. The van der Waals surface area contributed by atoms with E-state index in [-0.39, 0.29) is 10.9 Å². The molecule has 0 saturated carbocycles. The maximum absolute atomic E-state index is 13.9. The van der Waals surface area contributed by atoms with Gasteiger partial charge in [-0.3, -0.25) is 4.79 Å². The lowest BCUT2D eigenvalue weighted by Crippen LogP contribution is -2.41. The van der Waals surface area contributed by atoms with Crippen molar-refractivity contribution in [2.75, 3.05) is 12.4 Å². The molecule has 4 nitrogen and oxygen atoms in total. The van der Waals surface area contributed by atoms with Gasteiger partial charge in [0, 0.05) is 18.7 Å².